The van der Waals surface area contributed by atoms with E-state index < -0.39 is 0 Å². The molecular weight excluding hydrogens is 242 g/mol. The average Bonchev–Trinajstić information content (AvgIpc) is 3.19. The zero-order valence-corrected chi connectivity index (χ0v) is 11.1. The van der Waals surface area contributed by atoms with Crippen LogP contribution in [0.1, 0.15) is 25.7 Å². The van der Waals surface area contributed by atoms with Crippen molar-refractivity contribution in [2.45, 2.75) is 25.7 Å². The van der Waals surface area contributed by atoms with Crippen LogP contribution in [0.15, 0.2) is 30.3 Å². The van der Waals surface area contributed by atoms with Gasteiger partial charge in [-0.1, -0.05) is 18.2 Å². The topological polar surface area (TPSA) is 58.6 Å². The van der Waals surface area contributed by atoms with Gasteiger partial charge < -0.3 is 15.2 Å². The van der Waals surface area contributed by atoms with Crippen LogP contribution >= 0.6 is 0 Å². The highest BCUT2D eigenvalue weighted by atomic mass is 16.5. The van der Waals surface area contributed by atoms with Gasteiger partial charge in [0.15, 0.2) is 0 Å². The minimum absolute atomic E-state index is 0.0140. The van der Waals surface area contributed by atoms with E-state index in [0.717, 1.165) is 25.0 Å². The van der Waals surface area contributed by atoms with Crippen LogP contribution in [0.4, 0.5) is 0 Å². The van der Waals surface area contributed by atoms with Gasteiger partial charge in [-0.05, 0) is 36.8 Å². The van der Waals surface area contributed by atoms with E-state index in [1.807, 2.05) is 30.3 Å². The molecule has 2 rings (SSSR count). The van der Waals surface area contributed by atoms with E-state index in [-0.39, 0.29) is 17.9 Å². The van der Waals surface area contributed by atoms with Crippen LogP contribution < -0.4 is 10.1 Å². The van der Waals surface area contributed by atoms with Gasteiger partial charge in [0.1, 0.15) is 5.75 Å². The van der Waals surface area contributed by atoms with Crippen LogP contribution in [0.5, 0.6) is 5.75 Å². The molecule has 0 radical (unpaired) electrons. The second-order valence-corrected chi connectivity index (χ2v) is 5.16. The van der Waals surface area contributed by atoms with Crippen molar-refractivity contribution in [1.29, 1.82) is 0 Å². The Labute approximate surface area is 113 Å². The van der Waals surface area contributed by atoms with Gasteiger partial charge in [-0.3, -0.25) is 4.79 Å². The third-order valence-electron chi connectivity index (χ3n) is 3.60. The summed E-state index contributed by atoms with van der Waals surface area (Å²) in [7, 11) is 0. The van der Waals surface area contributed by atoms with Crippen LogP contribution in [-0.4, -0.2) is 30.8 Å². The lowest BCUT2D eigenvalue weighted by molar-refractivity contribution is -0.121. The first-order valence-corrected chi connectivity index (χ1v) is 6.80. The Morgan fingerprint density at radius 1 is 1.32 bits per heavy atom. The summed E-state index contributed by atoms with van der Waals surface area (Å²) in [4.78, 5) is 11.7. The lowest BCUT2D eigenvalue weighted by atomic mass is 10.0. The van der Waals surface area contributed by atoms with Gasteiger partial charge in [-0.25, -0.2) is 0 Å². The highest BCUT2D eigenvalue weighted by Gasteiger charge is 2.41. The summed E-state index contributed by atoms with van der Waals surface area (Å²) < 4.78 is 5.47. The summed E-state index contributed by atoms with van der Waals surface area (Å²) in [6.07, 6.45) is 3.36. The molecular formula is C15H21NO3. The van der Waals surface area contributed by atoms with Crippen molar-refractivity contribution in [3.8, 4) is 5.75 Å². The number of ether oxygens (including phenoxy) is 1. The van der Waals surface area contributed by atoms with E-state index in [9.17, 15) is 4.79 Å². The molecule has 0 bridgehead atoms. The number of rotatable bonds is 8. The van der Waals surface area contributed by atoms with Crippen molar-refractivity contribution in [3.05, 3.63) is 30.3 Å². The summed E-state index contributed by atoms with van der Waals surface area (Å²) in [6.45, 7) is 1.27. The molecule has 1 aromatic carbocycles. The van der Waals surface area contributed by atoms with Gasteiger partial charge in [-0.2, -0.15) is 0 Å². The molecule has 4 heteroatoms. The maximum atomic E-state index is 11.7. The van der Waals surface area contributed by atoms with E-state index in [1.54, 1.807) is 0 Å². The molecule has 0 atom stereocenters. The molecule has 104 valence electrons. The number of benzene rings is 1. The lowest BCUT2D eigenvalue weighted by Gasteiger charge is -2.14. The summed E-state index contributed by atoms with van der Waals surface area (Å²) in [5.74, 6) is 0.800. The molecule has 0 heterocycles. The SMILES string of the molecule is O=C(CCOc1ccccc1)NCC1(CCO)CC1. The fraction of sp³-hybridized carbons (Fsp3) is 0.533. The van der Waals surface area contributed by atoms with Gasteiger partial charge in [0.2, 0.25) is 5.91 Å². The Kier molecular flexibility index (Phi) is 4.80. The van der Waals surface area contributed by atoms with Crippen molar-refractivity contribution >= 4 is 5.91 Å². The van der Waals surface area contributed by atoms with Gasteiger partial charge in [-0.15, -0.1) is 0 Å². The van der Waals surface area contributed by atoms with E-state index >= 15 is 0 Å². The molecule has 1 aliphatic carbocycles. The number of carbonyl (C=O) groups excluding carboxylic acids is 1. The Bertz CT molecular complexity index is 401. The maximum Gasteiger partial charge on any atom is 0.223 e. The van der Waals surface area contributed by atoms with Crippen molar-refractivity contribution in [2.75, 3.05) is 19.8 Å². The summed E-state index contributed by atoms with van der Waals surface area (Å²) in [5, 5.41) is 11.9. The molecule has 19 heavy (non-hydrogen) atoms. The van der Waals surface area contributed by atoms with Crippen LogP contribution in [0.2, 0.25) is 0 Å². The van der Waals surface area contributed by atoms with Crippen molar-refractivity contribution < 1.29 is 14.6 Å². The molecule has 4 nitrogen and oxygen atoms in total. The van der Waals surface area contributed by atoms with Gasteiger partial charge in [0.25, 0.3) is 0 Å². The van der Waals surface area contributed by atoms with Crippen LogP contribution in [0.3, 0.4) is 0 Å². The van der Waals surface area contributed by atoms with E-state index in [1.165, 1.54) is 0 Å². The molecule has 1 fully saturated rings. The summed E-state index contributed by atoms with van der Waals surface area (Å²) >= 11 is 0. The predicted octanol–water partition coefficient (Wildman–Crippen LogP) is 1.73. The molecule has 0 spiro atoms. The number of hydrogen-bond acceptors (Lipinski definition) is 3. The molecule has 0 aliphatic heterocycles. The number of para-hydroxylation sites is 1. The van der Waals surface area contributed by atoms with E-state index in [4.69, 9.17) is 9.84 Å². The fourth-order valence-electron chi connectivity index (χ4n) is 2.08. The maximum absolute atomic E-state index is 11.7. The van der Waals surface area contributed by atoms with Crippen LogP contribution in [-0.2, 0) is 4.79 Å². The summed E-state index contributed by atoms with van der Waals surface area (Å²) in [6, 6.07) is 9.48. The largest absolute Gasteiger partial charge is 0.493 e. The second kappa shape index (κ2) is 6.57. The minimum atomic E-state index is 0.0140. The zero-order chi connectivity index (χ0) is 13.6. The lowest BCUT2D eigenvalue weighted by Crippen LogP contribution is -2.31. The quantitative estimate of drug-likeness (QED) is 0.751. The number of nitrogens with one attached hydrogen (secondary N) is 1. The van der Waals surface area contributed by atoms with Gasteiger partial charge in [0.05, 0.1) is 13.0 Å². The molecule has 1 amide bonds. The Balaban J connectivity index is 1.60. The zero-order valence-electron chi connectivity index (χ0n) is 11.1. The predicted molar refractivity (Wildman–Crippen MR) is 72.9 cm³/mol. The number of carbonyl (C=O) groups is 1. The monoisotopic (exact) mass is 263 g/mol. The van der Waals surface area contributed by atoms with E-state index in [0.29, 0.717) is 19.6 Å². The first-order chi connectivity index (χ1) is 9.24. The molecule has 0 aromatic heterocycles. The first-order valence-electron chi connectivity index (χ1n) is 6.80. The third-order valence-corrected chi connectivity index (χ3v) is 3.60. The first kappa shape index (κ1) is 13.9. The third kappa shape index (κ3) is 4.56. The molecule has 0 saturated heterocycles. The highest BCUT2D eigenvalue weighted by Crippen LogP contribution is 2.47. The van der Waals surface area contributed by atoms with Crippen molar-refractivity contribution in [3.63, 3.8) is 0 Å². The summed E-state index contributed by atoms with van der Waals surface area (Å²) in [5.41, 5.74) is 0.171. The molecule has 1 aliphatic rings. The molecule has 2 N–H and O–H groups in total. The highest BCUT2D eigenvalue weighted by molar-refractivity contribution is 5.76. The smallest absolute Gasteiger partial charge is 0.223 e. The standard InChI is InChI=1S/C15H21NO3/c17-10-9-15(7-8-15)12-16-14(18)6-11-19-13-4-2-1-3-5-13/h1-5,17H,6-12H2,(H,16,18). The molecule has 0 unspecified atom stereocenters. The average molecular weight is 263 g/mol. The molecule has 1 aromatic rings. The van der Waals surface area contributed by atoms with Gasteiger partial charge >= 0.3 is 0 Å². The normalized spacial score (nSPS) is 15.8. The Morgan fingerprint density at radius 2 is 2.05 bits per heavy atom. The number of amides is 1. The number of aliphatic hydroxyl groups is 1. The second-order valence-electron chi connectivity index (χ2n) is 5.16. The number of aliphatic hydroxyl groups excluding tert-OH is 1. The minimum Gasteiger partial charge on any atom is -0.493 e. The van der Waals surface area contributed by atoms with Gasteiger partial charge in [0, 0.05) is 13.2 Å². The fourth-order valence-corrected chi connectivity index (χ4v) is 2.08. The molecule has 1 saturated carbocycles. The van der Waals surface area contributed by atoms with Crippen LogP contribution in [0, 0.1) is 5.41 Å². The Morgan fingerprint density at radius 3 is 2.68 bits per heavy atom. The Hall–Kier alpha value is -1.55. The number of hydrogen-bond donors (Lipinski definition) is 2. The van der Waals surface area contributed by atoms with Crippen molar-refractivity contribution in [1.82, 2.24) is 5.32 Å². The van der Waals surface area contributed by atoms with Crippen molar-refractivity contribution in [2.24, 2.45) is 5.41 Å². The van der Waals surface area contributed by atoms with Crippen LogP contribution in [0.25, 0.3) is 0 Å². The van der Waals surface area contributed by atoms with E-state index in [2.05, 4.69) is 5.32 Å².